The molecule has 0 unspecified atom stereocenters. The third-order valence-electron chi connectivity index (χ3n) is 2.43. The fourth-order valence-corrected chi connectivity index (χ4v) is 2.43. The summed E-state index contributed by atoms with van der Waals surface area (Å²) >= 11 is 1.32. The third-order valence-corrected chi connectivity index (χ3v) is 3.42. The standard InChI is InChI=1S/C13H9N3OS/c17-11-10-7-4-8-14-12(10)18-13(11)16-15-9-5-2-1-3-6-9/h1-8,17H. The van der Waals surface area contributed by atoms with E-state index in [2.05, 4.69) is 15.2 Å². The lowest BCUT2D eigenvalue weighted by Crippen LogP contribution is -1.67. The molecule has 18 heavy (non-hydrogen) atoms. The van der Waals surface area contributed by atoms with E-state index in [0.29, 0.717) is 10.4 Å². The number of azo groups is 1. The van der Waals surface area contributed by atoms with E-state index in [1.807, 2.05) is 36.4 Å². The first-order chi connectivity index (χ1) is 8.84. The Hall–Kier alpha value is -2.27. The first-order valence-corrected chi connectivity index (χ1v) is 6.19. The molecule has 3 rings (SSSR count). The molecule has 0 amide bonds. The first-order valence-electron chi connectivity index (χ1n) is 5.38. The Morgan fingerprint density at radius 2 is 1.83 bits per heavy atom. The lowest BCUT2D eigenvalue weighted by Gasteiger charge is -1.90. The number of nitrogens with zero attached hydrogens (tertiary/aromatic N) is 3. The molecule has 0 spiro atoms. The molecular formula is C13H9N3OS. The lowest BCUT2D eigenvalue weighted by molar-refractivity contribution is 0.484. The molecule has 0 saturated heterocycles. The van der Waals surface area contributed by atoms with Gasteiger partial charge in [-0.15, -0.1) is 10.2 Å². The second-order valence-electron chi connectivity index (χ2n) is 3.65. The summed E-state index contributed by atoms with van der Waals surface area (Å²) in [6.07, 6.45) is 1.69. The van der Waals surface area contributed by atoms with Crippen LogP contribution in [0.2, 0.25) is 0 Å². The zero-order chi connectivity index (χ0) is 12.4. The van der Waals surface area contributed by atoms with Gasteiger partial charge in [-0.3, -0.25) is 0 Å². The van der Waals surface area contributed by atoms with Crippen LogP contribution in [-0.4, -0.2) is 10.1 Å². The van der Waals surface area contributed by atoms with Crippen LogP contribution < -0.4 is 0 Å². The van der Waals surface area contributed by atoms with E-state index in [1.54, 1.807) is 12.3 Å². The van der Waals surface area contributed by atoms with E-state index >= 15 is 0 Å². The van der Waals surface area contributed by atoms with Crippen LogP contribution in [0.15, 0.2) is 58.9 Å². The summed E-state index contributed by atoms with van der Waals surface area (Å²) in [5, 5.41) is 19.3. The summed E-state index contributed by atoms with van der Waals surface area (Å²) in [5.74, 6) is 0.141. The highest BCUT2D eigenvalue weighted by Gasteiger charge is 2.10. The molecule has 5 heteroatoms. The van der Waals surface area contributed by atoms with E-state index in [0.717, 1.165) is 10.5 Å². The molecule has 2 heterocycles. The van der Waals surface area contributed by atoms with Gasteiger partial charge in [0.2, 0.25) is 0 Å². The number of rotatable bonds is 2. The van der Waals surface area contributed by atoms with Gasteiger partial charge in [-0.2, -0.15) is 0 Å². The zero-order valence-electron chi connectivity index (χ0n) is 9.32. The van der Waals surface area contributed by atoms with Crippen LogP contribution in [0.5, 0.6) is 5.75 Å². The quantitative estimate of drug-likeness (QED) is 0.689. The number of thiophene rings is 1. The minimum Gasteiger partial charge on any atom is -0.504 e. The summed E-state index contributed by atoms with van der Waals surface area (Å²) in [6.45, 7) is 0. The lowest BCUT2D eigenvalue weighted by atomic mass is 10.3. The van der Waals surface area contributed by atoms with Gasteiger partial charge in [-0.1, -0.05) is 29.5 Å². The third kappa shape index (κ3) is 1.96. The fraction of sp³-hybridized carbons (Fsp3) is 0. The van der Waals surface area contributed by atoms with Crippen molar-refractivity contribution in [1.82, 2.24) is 4.98 Å². The summed E-state index contributed by atoms with van der Waals surface area (Å²) < 4.78 is 0. The van der Waals surface area contributed by atoms with Crippen molar-refractivity contribution in [3.63, 3.8) is 0 Å². The van der Waals surface area contributed by atoms with Crippen LogP contribution in [0.3, 0.4) is 0 Å². The van der Waals surface area contributed by atoms with Gasteiger partial charge in [-0.05, 0) is 24.3 Å². The van der Waals surface area contributed by atoms with Crippen molar-refractivity contribution in [2.45, 2.75) is 0 Å². The van der Waals surface area contributed by atoms with Crippen molar-refractivity contribution in [3.8, 4) is 5.75 Å². The van der Waals surface area contributed by atoms with Gasteiger partial charge < -0.3 is 5.11 Å². The molecule has 0 aliphatic carbocycles. The van der Waals surface area contributed by atoms with Gasteiger partial charge in [0.05, 0.1) is 11.1 Å². The number of aromatic nitrogens is 1. The maximum absolute atomic E-state index is 9.98. The van der Waals surface area contributed by atoms with Gasteiger partial charge >= 0.3 is 0 Å². The Bertz CT molecular complexity index is 707. The van der Waals surface area contributed by atoms with Crippen LogP contribution in [0.1, 0.15) is 0 Å². The van der Waals surface area contributed by atoms with Crippen molar-refractivity contribution >= 4 is 32.2 Å². The number of aromatic hydroxyl groups is 1. The van der Waals surface area contributed by atoms with Crippen molar-refractivity contribution in [2.24, 2.45) is 10.2 Å². The molecule has 2 aromatic heterocycles. The number of hydrogen-bond acceptors (Lipinski definition) is 5. The zero-order valence-corrected chi connectivity index (χ0v) is 10.1. The highest BCUT2D eigenvalue weighted by atomic mass is 32.1. The Balaban J connectivity index is 2.00. The molecule has 0 atom stereocenters. The molecular weight excluding hydrogens is 246 g/mol. The smallest absolute Gasteiger partial charge is 0.183 e. The number of hydrogen-bond donors (Lipinski definition) is 1. The molecule has 0 aliphatic heterocycles. The predicted octanol–water partition coefficient (Wildman–Crippen LogP) is 4.42. The molecule has 1 aromatic carbocycles. The minimum absolute atomic E-state index is 0.141. The minimum atomic E-state index is 0.141. The van der Waals surface area contributed by atoms with Gasteiger partial charge in [0.15, 0.2) is 10.8 Å². The average molecular weight is 255 g/mol. The van der Waals surface area contributed by atoms with Crippen LogP contribution >= 0.6 is 11.3 Å². The first kappa shape index (κ1) is 10.9. The SMILES string of the molecule is Oc1c(N=Nc2ccccc2)sc2ncccc12. The Kier molecular flexibility index (Phi) is 2.74. The van der Waals surface area contributed by atoms with Crippen molar-refractivity contribution in [1.29, 1.82) is 0 Å². The van der Waals surface area contributed by atoms with Crippen LogP contribution in [0, 0.1) is 0 Å². The Morgan fingerprint density at radius 3 is 2.61 bits per heavy atom. The van der Waals surface area contributed by atoms with Crippen LogP contribution in [-0.2, 0) is 0 Å². The molecule has 0 aliphatic rings. The van der Waals surface area contributed by atoms with E-state index in [1.165, 1.54) is 11.3 Å². The molecule has 3 aromatic rings. The normalized spacial score (nSPS) is 11.3. The summed E-state index contributed by atoms with van der Waals surface area (Å²) in [7, 11) is 0. The summed E-state index contributed by atoms with van der Waals surface area (Å²) in [5.41, 5.74) is 0.752. The van der Waals surface area contributed by atoms with E-state index < -0.39 is 0 Å². The summed E-state index contributed by atoms with van der Waals surface area (Å²) in [4.78, 5) is 4.94. The van der Waals surface area contributed by atoms with Crippen LogP contribution in [0.25, 0.3) is 10.2 Å². The largest absolute Gasteiger partial charge is 0.504 e. The highest BCUT2D eigenvalue weighted by molar-refractivity contribution is 7.22. The molecule has 1 N–H and O–H groups in total. The fourth-order valence-electron chi connectivity index (χ4n) is 1.57. The van der Waals surface area contributed by atoms with Crippen molar-refractivity contribution in [2.75, 3.05) is 0 Å². The maximum Gasteiger partial charge on any atom is 0.183 e. The second-order valence-corrected chi connectivity index (χ2v) is 4.63. The van der Waals surface area contributed by atoms with E-state index in [9.17, 15) is 5.11 Å². The molecule has 0 fully saturated rings. The Morgan fingerprint density at radius 1 is 1.00 bits per heavy atom. The van der Waals surface area contributed by atoms with Gasteiger partial charge in [0.1, 0.15) is 4.83 Å². The molecule has 4 nitrogen and oxygen atoms in total. The molecule has 0 radical (unpaired) electrons. The molecule has 0 saturated carbocycles. The van der Waals surface area contributed by atoms with Crippen LogP contribution in [0.4, 0.5) is 10.7 Å². The predicted molar refractivity (Wildman–Crippen MR) is 71.9 cm³/mol. The van der Waals surface area contributed by atoms with Crippen molar-refractivity contribution < 1.29 is 5.11 Å². The van der Waals surface area contributed by atoms with Gasteiger partial charge in [0, 0.05) is 6.20 Å². The highest BCUT2D eigenvalue weighted by Crippen LogP contribution is 2.42. The number of pyridine rings is 1. The summed E-state index contributed by atoms with van der Waals surface area (Å²) in [6, 6.07) is 13.0. The van der Waals surface area contributed by atoms with E-state index in [-0.39, 0.29) is 5.75 Å². The monoisotopic (exact) mass is 255 g/mol. The van der Waals surface area contributed by atoms with Crippen molar-refractivity contribution in [3.05, 3.63) is 48.7 Å². The van der Waals surface area contributed by atoms with E-state index in [4.69, 9.17) is 0 Å². The van der Waals surface area contributed by atoms with Gasteiger partial charge in [0.25, 0.3) is 0 Å². The van der Waals surface area contributed by atoms with Gasteiger partial charge in [-0.25, -0.2) is 4.98 Å². The number of fused-ring (bicyclic) bond motifs is 1. The Labute approximate surface area is 107 Å². The maximum atomic E-state index is 9.98. The topological polar surface area (TPSA) is 57.8 Å². The second kappa shape index (κ2) is 4.54. The molecule has 88 valence electrons. The average Bonchev–Trinajstić information content (AvgIpc) is 2.75. The number of benzene rings is 1. The molecule has 0 bridgehead atoms.